The molecule has 1 aromatic carbocycles. The van der Waals surface area contributed by atoms with Crippen molar-refractivity contribution in [2.75, 3.05) is 13.2 Å². The Morgan fingerprint density at radius 2 is 2.00 bits per heavy atom. The zero-order valence-electron chi connectivity index (χ0n) is 13.2. The molecule has 2 unspecified atom stereocenters. The van der Waals surface area contributed by atoms with E-state index in [0.717, 1.165) is 5.75 Å². The molecule has 6 heteroatoms. The van der Waals surface area contributed by atoms with Gasteiger partial charge in [-0.2, -0.15) is 4.98 Å². The number of nitrogens with one attached hydrogen (secondary N) is 1. The van der Waals surface area contributed by atoms with E-state index in [1.807, 2.05) is 30.3 Å². The van der Waals surface area contributed by atoms with E-state index in [1.54, 1.807) is 6.92 Å². The SMILES string of the molecule is Cc1noc(C(NCC(O)COc2ccccc2)C(C)C)n1. The summed E-state index contributed by atoms with van der Waals surface area (Å²) in [6.07, 6.45) is -0.620. The smallest absolute Gasteiger partial charge is 0.244 e. The molecule has 0 amide bonds. The second-order valence-electron chi connectivity index (χ2n) is 5.59. The van der Waals surface area contributed by atoms with Crippen LogP contribution in [0.3, 0.4) is 0 Å². The predicted molar refractivity (Wildman–Crippen MR) is 82.6 cm³/mol. The van der Waals surface area contributed by atoms with Gasteiger partial charge in [-0.05, 0) is 25.0 Å². The highest BCUT2D eigenvalue weighted by atomic mass is 16.5. The number of aromatic nitrogens is 2. The number of rotatable bonds is 8. The lowest BCUT2D eigenvalue weighted by molar-refractivity contribution is 0.0994. The normalized spacial score (nSPS) is 14.0. The van der Waals surface area contributed by atoms with Gasteiger partial charge < -0.3 is 19.7 Å². The van der Waals surface area contributed by atoms with Crippen LogP contribution in [0.2, 0.25) is 0 Å². The zero-order chi connectivity index (χ0) is 15.9. The van der Waals surface area contributed by atoms with Gasteiger partial charge in [0.15, 0.2) is 5.82 Å². The highest BCUT2D eigenvalue weighted by Gasteiger charge is 2.22. The summed E-state index contributed by atoms with van der Waals surface area (Å²) in [5.41, 5.74) is 0. The van der Waals surface area contributed by atoms with E-state index in [-0.39, 0.29) is 18.6 Å². The number of aliphatic hydroxyl groups excluding tert-OH is 1. The standard InChI is InChI=1S/C16H23N3O3/c1-11(2)15(16-18-12(3)19-22-16)17-9-13(20)10-21-14-7-5-4-6-8-14/h4-8,11,13,15,17,20H,9-10H2,1-3H3. The number of benzene rings is 1. The Balaban J connectivity index is 1.81. The molecule has 0 aliphatic rings. The molecule has 0 fully saturated rings. The quantitative estimate of drug-likeness (QED) is 0.777. The molecule has 0 bridgehead atoms. The molecule has 2 rings (SSSR count). The fraction of sp³-hybridized carbons (Fsp3) is 0.500. The average molecular weight is 305 g/mol. The van der Waals surface area contributed by atoms with E-state index in [4.69, 9.17) is 9.26 Å². The number of para-hydroxylation sites is 1. The van der Waals surface area contributed by atoms with Crippen molar-refractivity contribution in [1.29, 1.82) is 0 Å². The molecule has 0 spiro atoms. The third kappa shape index (κ3) is 4.82. The van der Waals surface area contributed by atoms with E-state index in [9.17, 15) is 5.11 Å². The summed E-state index contributed by atoms with van der Waals surface area (Å²) in [6, 6.07) is 9.34. The Kier molecular flexibility index (Phi) is 5.91. The minimum absolute atomic E-state index is 0.0902. The number of ether oxygens (including phenoxy) is 1. The fourth-order valence-corrected chi connectivity index (χ4v) is 2.08. The lowest BCUT2D eigenvalue weighted by Crippen LogP contribution is -2.36. The molecule has 0 aliphatic heterocycles. The molecule has 22 heavy (non-hydrogen) atoms. The van der Waals surface area contributed by atoms with Crippen molar-refractivity contribution in [3.05, 3.63) is 42.0 Å². The van der Waals surface area contributed by atoms with Crippen molar-refractivity contribution in [3.8, 4) is 5.75 Å². The highest BCUT2D eigenvalue weighted by Crippen LogP contribution is 2.19. The molecule has 2 atom stereocenters. The Morgan fingerprint density at radius 1 is 1.27 bits per heavy atom. The van der Waals surface area contributed by atoms with E-state index >= 15 is 0 Å². The lowest BCUT2D eigenvalue weighted by Gasteiger charge is -2.21. The summed E-state index contributed by atoms with van der Waals surface area (Å²) in [6.45, 7) is 6.52. The van der Waals surface area contributed by atoms with Crippen molar-refractivity contribution in [2.24, 2.45) is 5.92 Å². The van der Waals surface area contributed by atoms with Gasteiger partial charge in [-0.1, -0.05) is 37.2 Å². The number of nitrogens with zero attached hydrogens (tertiary/aromatic N) is 2. The molecule has 6 nitrogen and oxygen atoms in total. The van der Waals surface area contributed by atoms with Crippen LogP contribution in [0.25, 0.3) is 0 Å². The Morgan fingerprint density at radius 3 is 2.59 bits per heavy atom. The van der Waals surface area contributed by atoms with Crippen molar-refractivity contribution >= 4 is 0 Å². The highest BCUT2D eigenvalue weighted by molar-refractivity contribution is 5.20. The van der Waals surface area contributed by atoms with Crippen LogP contribution in [0.4, 0.5) is 0 Å². The van der Waals surface area contributed by atoms with Crippen LogP contribution < -0.4 is 10.1 Å². The van der Waals surface area contributed by atoms with Crippen LogP contribution in [-0.2, 0) is 0 Å². The molecule has 1 aromatic heterocycles. The molecule has 2 N–H and O–H groups in total. The van der Waals surface area contributed by atoms with Gasteiger partial charge in [0.1, 0.15) is 18.5 Å². The second-order valence-corrected chi connectivity index (χ2v) is 5.59. The minimum atomic E-state index is -0.620. The van der Waals surface area contributed by atoms with Gasteiger partial charge in [-0.3, -0.25) is 0 Å². The van der Waals surface area contributed by atoms with Crippen LogP contribution in [0.5, 0.6) is 5.75 Å². The Hall–Kier alpha value is -1.92. The van der Waals surface area contributed by atoms with Crippen molar-refractivity contribution in [2.45, 2.75) is 32.9 Å². The van der Waals surface area contributed by atoms with Crippen LogP contribution in [-0.4, -0.2) is 34.5 Å². The van der Waals surface area contributed by atoms with Gasteiger partial charge in [-0.15, -0.1) is 0 Å². The van der Waals surface area contributed by atoms with E-state index in [2.05, 4.69) is 29.3 Å². The van der Waals surface area contributed by atoms with Gasteiger partial charge >= 0.3 is 0 Å². The average Bonchev–Trinajstić information content (AvgIpc) is 2.92. The van der Waals surface area contributed by atoms with Gasteiger partial charge in [-0.25, -0.2) is 0 Å². The number of aryl methyl sites for hydroxylation is 1. The van der Waals surface area contributed by atoms with Gasteiger partial charge in [0.25, 0.3) is 0 Å². The predicted octanol–water partition coefficient (Wildman–Crippen LogP) is 2.10. The Bertz CT molecular complexity index is 557. The summed E-state index contributed by atoms with van der Waals surface area (Å²) in [5.74, 6) is 2.16. The third-order valence-corrected chi connectivity index (χ3v) is 3.23. The topological polar surface area (TPSA) is 80.4 Å². The van der Waals surface area contributed by atoms with Crippen LogP contribution in [0, 0.1) is 12.8 Å². The van der Waals surface area contributed by atoms with E-state index in [0.29, 0.717) is 18.3 Å². The fourth-order valence-electron chi connectivity index (χ4n) is 2.08. The van der Waals surface area contributed by atoms with Gasteiger partial charge in [0, 0.05) is 6.54 Å². The van der Waals surface area contributed by atoms with Crippen molar-refractivity contribution in [3.63, 3.8) is 0 Å². The van der Waals surface area contributed by atoms with Crippen molar-refractivity contribution < 1.29 is 14.4 Å². The maximum atomic E-state index is 10.0. The molecule has 0 saturated heterocycles. The van der Waals surface area contributed by atoms with Crippen LogP contribution >= 0.6 is 0 Å². The van der Waals surface area contributed by atoms with Crippen molar-refractivity contribution in [1.82, 2.24) is 15.5 Å². The molecular formula is C16H23N3O3. The first-order chi connectivity index (χ1) is 10.6. The molecule has 2 aromatic rings. The lowest BCUT2D eigenvalue weighted by atomic mass is 10.0. The first kappa shape index (κ1) is 16.5. The number of hydrogen-bond acceptors (Lipinski definition) is 6. The first-order valence-corrected chi connectivity index (χ1v) is 7.45. The zero-order valence-corrected chi connectivity index (χ0v) is 13.2. The summed E-state index contributed by atoms with van der Waals surface area (Å²) < 4.78 is 10.7. The molecule has 1 heterocycles. The minimum Gasteiger partial charge on any atom is -0.491 e. The maximum Gasteiger partial charge on any atom is 0.244 e. The van der Waals surface area contributed by atoms with Crippen LogP contribution in [0.1, 0.15) is 31.6 Å². The van der Waals surface area contributed by atoms with Gasteiger partial charge in [0.05, 0.1) is 6.04 Å². The van der Waals surface area contributed by atoms with Crippen LogP contribution in [0.15, 0.2) is 34.9 Å². The summed E-state index contributed by atoms with van der Waals surface area (Å²) in [7, 11) is 0. The molecule has 0 aliphatic carbocycles. The van der Waals surface area contributed by atoms with E-state index < -0.39 is 6.10 Å². The van der Waals surface area contributed by atoms with Gasteiger partial charge in [0.2, 0.25) is 5.89 Å². The number of hydrogen-bond donors (Lipinski definition) is 2. The summed E-state index contributed by atoms with van der Waals surface area (Å²) >= 11 is 0. The van der Waals surface area contributed by atoms with E-state index in [1.165, 1.54) is 0 Å². The maximum absolute atomic E-state index is 10.0. The first-order valence-electron chi connectivity index (χ1n) is 7.45. The molecular weight excluding hydrogens is 282 g/mol. The Labute approximate surface area is 130 Å². The monoisotopic (exact) mass is 305 g/mol. The number of aliphatic hydroxyl groups is 1. The molecule has 120 valence electrons. The molecule has 0 saturated carbocycles. The summed E-state index contributed by atoms with van der Waals surface area (Å²) in [5, 5.41) is 17.1. The largest absolute Gasteiger partial charge is 0.491 e. The third-order valence-electron chi connectivity index (χ3n) is 3.23. The summed E-state index contributed by atoms with van der Waals surface area (Å²) in [4.78, 5) is 4.25. The molecule has 0 radical (unpaired) electrons. The second kappa shape index (κ2) is 7.91.